The molecule has 1 aliphatic carbocycles. The molecule has 1 aliphatic rings. The number of halogens is 1. The maximum absolute atomic E-state index is 12.6. The highest BCUT2D eigenvalue weighted by Gasteiger charge is 2.19. The molecule has 2 aromatic heterocycles. The molecule has 0 atom stereocenters. The van der Waals surface area contributed by atoms with Crippen molar-refractivity contribution in [2.45, 2.75) is 65.2 Å². The fourth-order valence-electron chi connectivity index (χ4n) is 4.62. The molecule has 2 heterocycles. The largest absolute Gasteiger partial charge is 0.329 e. The van der Waals surface area contributed by atoms with Crippen LogP contribution < -0.4 is 5.69 Å². The van der Waals surface area contributed by atoms with E-state index in [0.717, 1.165) is 41.4 Å². The molecule has 29 heavy (non-hydrogen) atoms. The molecule has 0 radical (unpaired) electrons. The van der Waals surface area contributed by atoms with Gasteiger partial charge in [0.05, 0.1) is 29.3 Å². The highest BCUT2D eigenvalue weighted by atomic mass is 35.5. The second-order valence-corrected chi connectivity index (χ2v) is 7.87. The van der Waals surface area contributed by atoms with Gasteiger partial charge in [-0.2, -0.15) is 0 Å². The number of likely N-dealkylation sites (N-methyl/N-ethyl adjacent to an activating group) is 1. The van der Waals surface area contributed by atoms with Crippen LogP contribution in [0.4, 0.5) is 0 Å². The Hall–Kier alpha value is -2.05. The third kappa shape index (κ3) is 4.01. The van der Waals surface area contributed by atoms with E-state index in [4.69, 9.17) is 0 Å². The van der Waals surface area contributed by atoms with Gasteiger partial charge in [0.2, 0.25) is 0 Å². The quantitative estimate of drug-likeness (QED) is 0.583. The topological polar surface area (TPSA) is 48.0 Å². The Balaban J connectivity index is 0.00000240. The number of hydrogen-bond acceptors (Lipinski definition) is 3. The van der Waals surface area contributed by atoms with Crippen LogP contribution in [-0.2, 0) is 19.6 Å². The fraction of sp³-hybridized carbons (Fsp3) is 0.545. The number of hydrogen-bond donors (Lipinski definition) is 0. The molecular weight excluding hydrogens is 386 g/mol. The third-order valence-corrected chi connectivity index (χ3v) is 6.30. The minimum atomic E-state index is 0. The van der Waals surface area contributed by atoms with E-state index in [1.807, 2.05) is 35.5 Å². The highest BCUT2D eigenvalue weighted by Crippen LogP contribution is 2.25. The Morgan fingerprint density at radius 2 is 1.79 bits per heavy atom. The predicted molar refractivity (Wildman–Crippen MR) is 121 cm³/mol. The Kier molecular flexibility index (Phi) is 6.85. The van der Waals surface area contributed by atoms with Crippen LogP contribution in [0.5, 0.6) is 0 Å². The van der Waals surface area contributed by atoms with Gasteiger partial charge in [-0.05, 0) is 45.9 Å². The van der Waals surface area contributed by atoms with Crippen LogP contribution in [-0.4, -0.2) is 43.2 Å². The Morgan fingerprint density at radius 1 is 1.10 bits per heavy atom. The average molecular weight is 418 g/mol. The molecule has 0 amide bonds. The molecule has 0 saturated heterocycles. The lowest BCUT2D eigenvalue weighted by Crippen LogP contribution is -2.32. The van der Waals surface area contributed by atoms with Crippen LogP contribution in [0, 0.1) is 0 Å². The van der Waals surface area contributed by atoms with E-state index < -0.39 is 0 Å². The number of aromatic nitrogens is 4. The maximum Gasteiger partial charge on any atom is 0.329 e. The summed E-state index contributed by atoms with van der Waals surface area (Å²) in [5.74, 6) is 0. The van der Waals surface area contributed by atoms with Gasteiger partial charge in [0.15, 0.2) is 0 Å². The van der Waals surface area contributed by atoms with E-state index in [1.54, 1.807) is 0 Å². The zero-order valence-corrected chi connectivity index (χ0v) is 18.5. The number of fused-ring (bicyclic) bond motifs is 1. The zero-order chi connectivity index (χ0) is 19.7. The van der Waals surface area contributed by atoms with Gasteiger partial charge in [0.25, 0.3) is 0 Å². The summed E-state index contributed by atoms with van der Waals surface area (Å²) in [6.07, 6.45) is 9.23. The number of imidazole rings is 2. The van der Waals surface area contributed by atoms with Crippen molar-refractivity contribution in [2.24, 2.45) is 0 Å². The third-order valence-electron chi connectivity index (χ3n) is 6.30. The van der Waals surface area contributed by atoms with Crippen molar-refractivity contribution in [1.29, 1.82) is 0 Å². The Morgan fingerprint density at radius 3 is 2.48 bits per heavy atom. The normalized spacial score (nSPS) is 14.8. The van der Waals surface area contributed by atoms with Gasteiger partial charge in [-0.3, -0.25) is 9.13 Å². The van der Waals surface area contributed by atoms with Gasteiger partial charge >= 0.3 is 5.69 Å². The van der Waals surface area contributed by atoms with Crippen molar-refractivity contribution in [3.63, 3.8) is 0 Å². The first-order valence-electron chi connectivity index (χ1n) is 10.6. The molecule has 0 bridgehead atoms. The number of nitrogens with zero attached hydrogens (tertiary/aromatic N) is 5. The molecule has 3 aromatic rings. The maximum atomic E-state index is 12.6. The number of rotatable bonds is 7. The van der Waals surface area contributed by atoms with Crippen molar-refractivity contribution < 1.29 is 0 Å². The van der Waals surface area contributed by atoms with E-state index in [-0.39, 0.29) is 18.1 Å². The summed E-state index contributed by atoms with van der Waals surface area (Å²) in [6.45, 7) is 7.37. The molecule has 1 saturated carbocycles. The van der Waals surface area contributed by atoms with E-state index in [2.05, 4.69) is 39.7 Å². The second-order valence-electron chi connectivity index (χ2n) is 7.87. The molecule has 0 spiro atoms. The first-order valence-corrected chi connectivity index (χ1v) is 10.6. The van der Waals surface area contributed by atoms with Crippen molar-refractivity contribution in [1.82, 2.24) is 23.6 Å². The number of aryl methyl sites for hydroxylation is 2. The lowest BCUT2D eigenvalue weighted by atomic mass is 10.1. The standard InChI is InChI=1S/C22H31N5O.ClH/c1-4-26-19-11-10-17(14-20(19)27(5-2)22(26)28)21-15-23-16-25(21)13-12-24(3)18-8-6-7-9-18;/h10-11,14-16,18H,4-9,12-13H2,1-3H3;1H. The molecule has 1 aromatic carbocycles. The molecular formula is C22H32ClN5O. The van der Waals surface area contributed by atoms with Gasteiger partial charge < -0.3 is 9.47 Å². The van der Waals surface area contributed by atoms with Gasteiger partial charge in [-0.1, -0.05) is 18.9 Å². The number of benzene rings is 1. The summed E-state index contributed by atoms with van der Waals surface area (Å²) >= 11 is 0. The predicted octanol–water partition coefficient (Wildman–Crippen LogP) is 4.00. The van der Waals surface area contributed by atoms with Gasteiger partial charge in [-0.15, -0.1) is 12.4 Å². The highest BCUT2D eigenvalue weighted by molar-refractivity contribution is 5.85. The summed E-state index contributed by atoms with van der Waals surface area (Å²) in [4.78, 5) is 19.5. The van der Waals surface area contributed by atoms with Crippen LogP contribution in [0.25, 0.3) is 22.3 Å². The SMILES string of the molecule is CCn1c(=O)n(CC)c2cc(-c3cncn3CCN(C)C3CCCC3)ccc21.Cl. The summed E-state index contributed by atoms with van der Waals surface area (Å²) < 4.78 is 5.94. The zero-order valence-electron chi connectivity index (χ0n) is 17.7. The van der Waals surface area contributed by atoms with Crippen LogP contribution >= 0.6 is 12.4 Å². The van der Waals surface area contributed by atoms with Crippen LogP contribution in [0.3, 0.4) is 0 Å². The summed E-state index contributed by atoms with van der Waals surface area (Å²) in [6, 6.07) is 7.06. The molecule has 4 rings (SSSR count). The molecule has 0 unspecified atom stereocenters. The minimum Gasteiger partial charge on any atom is -0.329 e. The molecule has 158 valence electrons. The summed E-state index contributed by atoms with van der Waals surface area (Å²) in [5.41, 5.74) is 4.31. The van der Waals surface area contributed by atoms with E-state index in [0.29, 0.717) is 13.1 Å². The molecule has 0 N–H and O–H groups in total. The Labute approximate surface area is 178 Å². The monoisotopic (exact) mass is 417 g/mol. The van der Waals surface area contributed by atoms with E-state index in [9.17, 15) is 4.79 Å². The summed E-state index contributed by atoms with van der Waals surface area (Å²) in [5, 5.41) is 0. The van der Waals surface area contributed by atoms with Crippen molar-refractivity contribution in [3.05, 3.63) is 41.2 Å². The van der Waals surface area contributed by atoms with Gasteiger partial charge in [0.1, 0.15) is 0 Å². The Bertz CT molecular complexity index is 1010. The average Bonchev–Trinajstić information content (AvgIpc) is 3.44. The van der Waals surface area contributed by atoms with E-state index in [1.165, 1.54) is 25.7 Å². The minimum absolute atomic E-state index is 0. The fourth-order valence-corrected chi connectivity index (χ4v) is 4.62. The van der Waals surface area contributed by atoms with Gasteiger partial charge in [-0.25, -0.2) is 9.78 Å². The smallest absolute Gasteiger partial charge is 0.329 e. The molecule has 6 nitrogen and oxygen atoms in total. The second kappa shape index (κ2) is 9.18. The molecule has 7 heteroatoms. The van der Waals surface area contributed by atoms with Crippen LogP contribution in [0.2, 0.25) is 0 Å². The molecule has 0 aliphatic heterocycles. The first-order chi connectivity index (χ1) is 13.6. The van der Waals surface area contributed by atoms with Crippen LogP contribution in [0.1, 0.15) is 39.5 Å². The molecule has 1 fully saturated rings. The van der Waals surface area contributed by atoms with Crippen molar-refractivity contribution >= 4 is 23.4 Å². The van der Waals surface area contributed by atoms with Gasteiger partial charge in [0, 0.05) is 37.8 Å². The lowest BCUT2D eigenvalue weighted by molar-refractivity contribution is 0.237. The van der Waals surface area contributed by atoms with E-state index >= 15 is 0 Å². The first kappa shape index (κ1) is 21.7. The lowest BCUT2D eigenvalue weighted by Gasteiger charge is -2.24. The van der Waals surface area contributed by atoms with Crippen LogP contribution in [0.15, 0.2) is 35.5 Å². The van der Waals surface area contributed by atoms with Crippen molar-refractivity contribution in [3.8, 4) is 11.3 Å². The van der Waals surface area contributed by atoms with Crippen molar-refractivity contribution in [2.75, 3.05) is 13.6 Å². The summed E-state index contributed by atoms with van der Waals surface area (Å²) in [7, 11) is 2.24.